The molecular weight excluding hydrogens is 378 g/mol. The predicted octanol–water partition coefficient (Wildman–Crippen LogP) is 4.59. The maximum absolute atomic E-state index is 10.9. The number of anilines is 1. The highest BCUT2D eigenvalue weighted by molar-refractivity contribution is 5.88. The van der Waals surface area contributed by atoms with Crippen molar-refractivity contribution in [2.45, 2.75) is 59.1 Å². The summed E-state index contributed by atoms with van der Waals surface area (Å²) in [6.45, 7) is 6.82. The zero-order valence-corrected chi connectivity index (χ0v) is 18.4. The zero-order valence-electron chi connectivity index (χ0n) is 18.4. The van der Waals surface area contributed by atoms with E-state index in [0.717, 1.165) is 36.9 Å². The van der Waals surface area contributed by atoms with Crippen LogP contribution < -0.4 is 10.6 Å². The minimum Gasteiger partial charge on any atom is -0.378 e. The van der Waals surface area contributed by atoms with E-state index in [1.54, 1.807) is 0 Å². The van der Waals surface area contributed by atoms with Crippen LogP contribution in [0.2, 0.25) is 0 Å². The standard InChI is InChI=1S/C15H23N3O3.C9H12/c1-12(19)18-14-7-5-13(6-8-14)11-15(20)16-9-3-2-4-10-17-21;1-3-9-6-4-8(2)5-7-9/h5-8,15-16,20H,2-4,9-11H2,1H3,(H,18,19);4-7H,3H2,1-2H3. The number of carbonyl (C=O) groups excluding carboxylic acids is 1. The van der Waals surface area contributed by atoms with Gasteiger partial charge >= 0.3 is 0 Å². The first-order valence-corrected chi connectivity index (χ1v) is 10.6. The number of aryl methyl sites for hydroxylation is 2. The number of aliphatic hydroxyl groups is 1. The van der Waals surface area contributed by atoms with E-state index in [-0.39, 0.29) is 5.91 Å². The average molecular weight is 414 g/mol. The number of amides is 1. The lowest BCUT2D eigenvalue weighted by Gasteiger charge is -2.13. The molecule has 2 aromatic carbocycles. The fourth-order valence-electron chi connectivity index (χ4n) is 2.79. The van der Waals surface area contributed by atoms with Gasteiger partial charge in [0.1, 0.15) is 6.23 Å². The lowest BCUT2D eigenvalue weighted by atomic mass is 10.1. The molecule has 30 heavy (non-hydrogen) atoms. The highest BCUT2D eigenvalue weighted by atomic mass is 16.3. The van der Waals surface area contributed by atoms with E-state index in [2.05, 4.69) is 53.9 Å². The summed E-state index contributed by atoms with van der Waals surface area (Å²) in [7, 11) is 0. The number of rotatable bonds is 11. The van der Waals surface area contributed by atoms with Crippen molar-refractivity contribution < 1.29 is 9.90 Å². The molecule has 0 spiro atoms. The Balaban J connectivity index is 0.000000414. The Bertz CT molecular complexity index is 730. The van der Waals surface area contributed by atoms with Crippen LogP contribution in [0.3, 0.4) is 0 Å². The molecule has 0 saturated heterocycles. The highest BCUT2D eigenvalue weighted by Gasteiger charge is 2.05. The van der Waals surface area contributed by atoms with Crippen LogP contribution in [0, 0.1) is 11.8 Å². The number of aliphatic hydroxyl groups excluding tert-OH is 1. The van der Waals surface area contributed by atoms with E-state index in [1.807, 2.05) is 24.3 Å². The predicted molar refractivity (Wildman–Crippen MR) is 124 cm³/mol. The molecule has 0 bridgehead atoms. The summed E-state index contributed by atoms with van der Waals surface area (Å²) in [6.07, 6.45) is 3.69. The third kappa shape index (κ3) is 12.1. The van der Waals surface area contributed by atoms with E-state index in [1.165, 1.54) is 18.1 Å². The van der Waals surface area contributed by atoms with Gasteiger partial charge in [-0.15, -0.1) is 0 Å². The molecule has 1 unspecified atom stereocenters. The monoisotopic (exact) mass is 413 g/mol. The van der Waals surface area contributed by atoms with Crippen LogP contribution in [-0.2, 0) is 17.6 Å². The quantitative estimate of drug-likeness (QED) is 0.285. The van der Waals surface area contributed by atoms with Gasteiger partial charge in [0.15, 0.2) is 0 Å². The third-order valence-electron chi connectivity index (χ3n) is 4.54. The maximum Gasteiger partial charge on any atom is 0.221 e. The molecule has 0 aliphatic heterocycles. The molecule has 1 atom stereocenters. The SMILES string of the molecule is CC(=O)Nc1ccc(CC(O)NCCCCCN=O)cc1.CCc1ccc(C)cc1. The Kier molecular flexibility index (Phi) is 13.0. The Morgan fingerprint density at radius 3 is 2.20 bits per heavy atom. The van der Waals surface area contributed by atoms with Crippen molar-refractivity contribution in [1.82, 2.24) is 5.32 Å². The van der Waals surface area contributed by atoms with Crippen molar-refractivity contribution in [1.29, 1.82) is 0 Å². The summed E-state index contributed by atoms with van der Waals surface area (Å²) in [5.41, 5.74) is 4.50. The Hall–Kier alpha value is -2.57. The van der Waals surface area contributed by atoms with E-state index < -0.39 is 6.23 Å². The topological polar surface area (TPSA) is 90.8 Å². The second-order valence-corrected chi connectivity index (χ2v) is 7.30. The number of nitrogens with zero attached hydrogens (tertiary/aromatic N) is 1. The highest BCUT2D eigenvalue weighted by Crippen LogP contribution is 2.11. The summed E-state index contributed by atoms with van der Waals surface area (Å²) in [4.78, 5) is 20.8. The number of carbonyl (C=O) groups is 1. The molecule has 164 valence electrons. The molecule has 2 aromatic rings. The van der Waals surface area contributed by atoms with Gasteiger partial charge < -0.3 is 10.4 Å². The molecule has 0 fully saturated rings. The van der Waals surface area contributed by atoms with E-state index >= 15 is 0 Å². The van der Waals surface area contributed by atoms with Crippen LogP contribution >= 0.6 is 0 Å². The van der Waals surface area contributed by atoms with Gasteiger partial charge in [-0.25, -0.2) is 0 Å². The largest absolute Gasteiger partial charge is 0.378 e. The Labute approximate surface area is 180 Å². The Morgan fingerprint density at radius 2 is 1.63 bits per heavy atom. The van der Waals surface area contributed by atoms with Crippen molar-refractivity contribution in [3.05, 3.63) is 70.1 Å². The molecule has 6 nitrogen and oxygen atoms in total. The minimum atomic E-state index is -0.596. The second-order valence-electron chi connectivity index (χ2n) is 7.30. The van der Waals surface area contributed by atoms with Gasteiger partial charge in [-0.1, -0.05) is 60.5 Å². The summed E-state index contributed by atoms with van der Waals surface area (Å²) in [6, 6.07) is 16.0. The molecule has 1 amide bonds. The van der Waals surface area contributed by atoms with Crippen LogP contribution in [0.15, 0.2) is 53.7 Å². The first-order chi connectivity index (χ1) is 14.4. The maximum atomic E-state index is 10.9. The molecule has 6 heteroatoms. The van der Waals surface area contributed by atoms with Gasteiger partial charge in [-0.05, 0) is 56.0 Å². The van der Waals surface area contributed by atoms with Gasteiger partial charge in [0.05, 0.1) is 6.54 Å². The van der Waals surface area contributed by atoms with E-state index in [4.69, 9.17) is 0 Å². The van der Waals surface area contributed by atoms with Crippen molar-refractivity contribution >= 4 is 11.6 Å². The number of benzene rings is 2. The van der Waals surface area contributed by atoms with Gasteiger partial charge in [-0.3, -0.25) is 10.1 Å². The van der Waals surface area contributed by atoms with Crippen molar-refractivity contribution in [3.8, 4) is 0 Å². The van der Waals surface area contributed by atoms with Crippen LogP contribution in [0.5, 0.6) is 0 Å². The summed E-state index contributed by atoms with van der Waals surface area (Å²) in [5.74, 6) is -0.103. The van der Waals surface area contributed by atoms with Crippen molar-refractivity contribution in [2.24, 2.45) is 5.18 Å². The van der Waals surface area contributed by atoms with Crippen LogP contribution in [0.4, 0.5) is 5.69 Å². The van der Waals surface area contributed by atoms with Crippen molar-refractivity contribution in [2.75, 3.05) is 18.4 Å². The van der Waals surface area contributed by atoms with Crippen LogP contribution in [0.25, 0.3) is 0 Å². The van der Waals surface area contributed by atoms with Crippen molar-refractivity contribution in [3.63, 3.8) is 0 Å². The van der Waals surface area contributed by atoms with Crippen LogP contribution in [0.1, 0.15) is 49.8 Å². The molecule has 3 N–H and O–H groups in total. The smallest absolute Gasteiger partial charge is 0.221 e. The zero-order chi connectivity index (χ0) is 22.2. The second kappa shape index (κ2) is 15.3. The van der Waals surface area contributed by atoms with E-state index in [9.17, 15) is 14.8 Å². The van der Waals surface area contributed by atoms with Gasteiger partial charge in [-0.2, -0.15) is 4.91 Å². The van der Waals surface area contributed by atoms with E-state index in [0.29, 0.717) is 19.5 Å². The summed E-state index contributed by atoms with van der Waals surface area (Å²) >= 11 is 0. The average Bonchev–Trinajstić information content (AvgIpc) is 2.73. The lowest BCUT2D eigenvalue weighted by molar-refractivity contribution is -0.114. The van der Waals surface area contributed by atoms with Crippen LogP contribution in [-0.4, -0.2) is 30.3 Å². The third-order valence-corrected chi connectivity index (χ3v) is 4.54. The minimum absolute atomic E-state index is 0.103. The molecule has 0 radical (unpaired) electrons. The molecular formula is C24H35N3O3. The van der Waals surface area contributed by atoms with Gasteiger partial charge in [0, 0.05) is 19.0 Å². The van der Waals surface area contributed by atoms with Gasteiger partial charge in [0.25, 0.3) is 0 Å². The molecule has 0 aliphatic carbocycles. The number of nitroso groups, excluding NO2 is 1. The first kappa shape index (κ1) is 25.5. The fourth-order valence-corrected chi connectivity index (χ4v) is 2.79. The molecule has 0 saturated carbocycles. The molecule has 0 aliphatic rings. The number of nitrogens with one attached hydrogen (secondary N) is 2. The lowest BCUT2D eigenvalue weighted by Crippen LogP contribution is -2.31. The van der Waals surface area contributed by atoms with Gasteiger partial charge in [0.2, 0.25) is 5.91 Å². The summed E-state index contributed by atoms with van der Waals surface area (Å²) in [5, 5.41) is 18.4. The normalized spacial score (nSPS) is 11.2. The summed E-state index contributed by atoms with van der Waals surface area (Å²) < 4.78 is 0. The number of unbranched alkanes of at least 4 members (excludes halogenated alkanes) is 2. The molecule has 0 aromatic heterocycles. The Morgan fingerprint density at radius 1 is 1.00 bits per heavy atom. The molecule has 0 heterocycles. The number of hydrogen-bond donors (Lipinski definition) is 3. The molecule has 2 rings (SSSR count). The first-order valence-electron chi connectivity index (χ1n) is 10.6. The number of hydrogen-bond acceptors (Lipinski definition) is 5. The fraction of sp³-hybridized carbons (Fsp3) is 0.458.